The maximum Gasteiger partial charge on any atom is 0.00263 e. The molecule has 1 unspecified atom stereocenters. The summed E-state index contributed by atoms with van der Waals surface area (Å²) in [5, 5.41) is 0. The summed E-state index contributed by atoms with van der Waals surface area (Å²) in [5.41, 5.74) is 5.74. The predicted molar refractivity (Wildman–Crippen MR) is 53.2 cm³/mol. The van der Waals surface area contributed by atoms with E-state index in [4.69, 9.17) is 0 Å². The van der Waals surface area contributed by atoms with Crippen molar-refractivity contribution in [2.45, 2.75) is 26.7 Å². The number of benzene rings is 1. The van der Waals surface area contributed by atoms with Crippen molar-refractivity contribution in [2.24, 2.45) is 0 Å². The zero-order chi connectivity index (χ0) is 8.72. The Hall–Kier alpha value is -1.04. The van der Waals surface area contributed by atoms with Gasteiger partial charge < -0.3 is 0 Å². The summed E-state index contributed by atoms with van der Waals surface area (Å²) in [5.74, 6) is 0.626. The third-order valence-electron chi connectivity index (χ3n) is 2.77. The van der Waals surface area contributed by atoms with Crippen LogP contribution in [0.1, 0.15) is 36.5 Å². The molecule has 1 aromatic rings. The van der Waals surface area contributed by atoms with E-state index in [1.165, 1.54) is 22.3 Å². The van der Waals surface area contributed by atoms with Gasteiger partial charge in [-0.25, -0.2) is 0 Å². The fourth-order valence-electron chi connectivity index (χ4n) is 1.83. The van der Waals surface area contributed by atoms with Crippen LogP contribution in [0.2, 0.25) is 0 Å². The molecule has 2 rings (SSSR count). The highest BCUT2D eigenvalue weighted by molar-refractivity contribution is 5.66. The van der Waals surface area contributed by atoms with E-state index in [1.54, 1.807) is 0 Å². The van der Waals surface area contributed by atoms with Gasteiger partial charge in [0.1, 0.15) is 0 Å². The van der Waals surface area contributed by atoms with Crippen LogP contribution >= 0.6 is 0 Å². The number of allylic oxidation sites excluding steroid dienone is 1. The number of hydrogen-bond acceptors (Lipinski definition) is 0. The van der Waals surface area contributed by atoms with Crippen molar-refractivity contribution in [3.63, 3.8) is 0 Å². The Bertz CT molecular complexity index is 345. The van der Waals surface area contributed by atoms with Crippen LogP contribution < -0.4 is 0 Å². The molecule has 0 nitrogen and oxygen atoms in total. The maximum absolute atomic E-state index is 2.30. The molecule has 12 heavy (non-hydrogen) atoms. The van der Waals surface area contributed by atoms with E-state index in [2.05, 4.69) is 45.0 Å². The fourth-order valence-corrected chi connectivity index (χ4v) is 1.83. The van der Waals surface area contributed by atoms with Crippen LogP contribution in [0.15, 0.2) is 23.8 Å². The van der Waals surface area contributed by atoms with E-state index in [-0.39, 0.29) is 0 Å². The molecular weight excluding hydrogens is 144 g/mol. The molecular formula is C12H14. The fraction of sp³-hybridized carbons (Fsp3) is 0.333. The second kappa shape index (κ2) is 2.48. The van der Waals surface area contributed by atoms with Crippen molar-refractivity contribution in [3.8, 4) is 0 Å². The Morgan fingerprint density at radius 3 is 2.67 bits per heavy atom. The molecule has 0 N–H and O–H groups in total. The lowest BCUT2D eigenvalue weighted by Crippen LogP contribution is -1.90. The second-order valence-corrected chi connectivity index (χ2v) is 3.74. The van der Waals surface area contributed by atoms with Crippen molar-refractivity contribution < 1.29 is 0 Å². The zero-order valence-electron chi connectivity index (χ0n) is 7.89. The van der Waals surface area contributed by atoms with Gasteiger partial charge >= 0.3 is 0 Å². The molecule has 1 aromatic carbocycles. The molecule has 1 atom stereocenters. The van der Waals surface area contributed by atoms with E-state index in [1.807, 2.05) is 0 Å². The molecule has 62 valence electrons. The minimum absolute atomic E-state index is 0.626. The molecule has 0 heteroatoms. The topological polar surface area (TPSA) is 0 Å². The SMILES string of the molecule is CC1=Cc2cc(C)ccc2C1C. The average molecular weight is 158 g/mol. The maximum atomic E-state index is 2.30. The molecule has 0 saturated carbocycles. The summed E-state index contributed by atoms with van der Waals surface area (Å²) in [6.07, 6.45) is 2.30. The lowest BCUT2D eigenvalue weighted by Gasteiger charge is -2.06. The van der Waals surface area contributed by atoms with Crippen molar-refractivity contribution >= 4 is 6.08 Å². The van der Waals surface area contributed by atoms with E-state index in [0.717, 1.165) is 0 Å². The van der Waals surface area contributed by atoms with Crippen LogP contribution in [0.25, 0.3) is 6.08 Å². The lowest BCUT2D eigenvalue weighted by molar-refractivity contribution is 0.921. The standard InChI is InChI=1S/C12H14/c1-8-4-5-12-10(3)9(2)7-11(12)6-8/h4-7,10H,1-3H3. The Labute approximate surface area is 73.9 Å². The van der Waals surface area contributed by atoms with E-state index < -0.39 is 0 Å². The molecule has 0 aromatic heterocycles. The summed E-state index contributed by atoms with van der Waals surface area (Å²) in [4.78, 5) is 0. The zero-order valence-corrected chi connectivity index (χ0v) is 7.89. The first-order chi connectivity index (χ1) is 5.68. The van der Waals surface area contributed by atoms with Gasteiger partial charge in [0.2, 0.25) is 0 Å². The van der Waals surface area contributed by atoms with Gasteiger partial charge in [-0.1, -0.05) is 42.3 Å². The monoisotopic (exact) mass is 158 g/mol. The molecule has 0 fully saturated rings. The third kappa shape index (κ3) is 0.989. The molecule has 0 bridgehead atoms. The number of aryl methyl sites for hydroxylation is 1. The summed E-state index contributed by atoms with van der Waals surface area (Å²) in [6, 6.07) is 6.71. The predicted octanol–water partition coefficient (Wildman–Crippen LogP) is 3.52. The summed E-state index contributed by atoms with van der Waals surface area (Å²) < 4.78 is 0. The summed E-state index contributed by atoms with van der Waals surface area (Å²) >= 11 is 0. The Balaban J connectivity index is 2.57. The van der Waals surface area contributed by atoms with Gasteiger partial charge in [0.15, 0.2) is 0 Å². The Kier molecular flexibility index (Phi) is 1.57. The minimum atomic E-state index is 0.626. The van der Waals surface area contributed by atoms with Crippen molar-refractivity contribution in [1.82, 2.24) is 0 Å². The van der Waals surface area contributed by atoms with Crippen LogP contribution in [0, 0.1) is 6.92 Å². The Morgan fingerprint density at radius 1 is 1.17 bits per heavy atom. The first-order valence-electron chi connectivity index (χ1n) is 4.47. The van der Waals surface area contributed by atoms with Crippen molar-refractivity contribution in [1.29, 1.82) is 0 Å². The van der Waals surface area contributed by atoms with Crippen LogP contribution in [0.4, 0.5) is 0 Å². The molecule has 1 aliphatic rings. The largest absolute Gasteiger partial charge is 0.0655 e. The van der Waals surface area contributed by atoms with Gasteiger partial charge in [0.25, 0.3) is 0 Å². The molecule has 0 spiro atoms. The van der Waals surface area contributed by atoms with Crippen LogP contribution in [0.5, 0.6) is 0 Å². The van der Waals surface area contributed by atoms with E-state index in [0.29, 0.717) is 5.92 Å². The normalized spacial score (nSPS) is 20.6. The molecule has 0 radical (unpaired) electrons. The number of rotatable bonds is 0. The second-order valence-electron chi connectivity index (χ2n) is 3.74. The molecule has 0 amide bonds. The molecule has 0 aliphatic heterocycles. The highest BCUT2D eigenvalue weighted by Gasteiger charge is 2.17. The van der Waals surface area contributed by atoms with Gasteiger partial charge in [0.05, 0.1) is 0 Å². The van der Waals surface area contributed by atoms with Gasteiger partial charge in [-0.05, 0) is 25.0 Å². The average Bonchev–Trinajstić information content (AvgIpc) is 2.28. The molecule has 0 saturated heterocycles. The van der Waals surface area contributed by atoms with E-state index >= 15 is 0 Å². The van der Waals surface area contributed by atoms with Crippen molar-refractivity contribution in [3.05, 3.63) is 40.5 Å². The minimum Gasteiger partial charge on any atom is -0.0655 e. The van der Waals surface area contributed by atoms with Crippen LogP contribution in [0.3, 0.4) is 0 Å². The lowest BCUT2D eigenvalue weighted by atomic mass is 9.98. The van der Waals surface area contributed by atoms with Crippen LogP contribution in [-0.2, 0) is 0 Å². The van der Waals surface area contributed by atoms with Gasteiger partial charge in [-0.15, -0.1) is 0 Å². The Morgan fingerprint density at radius 2 is 1.92 bits per heavy atom. The smallest absolute Gasteiger partial charge is 0.00263 e. The highest BCUT2D eigenvalue weighted by atomic mass is 14.2. The van der Waals surface area contributed by atoms with Crippen LogP contribution in [-0.4, -0.2) is 0 Å². The molecule has 1 aliphatic carbocycles. The first-order valence-corrected chi connectivity index (χ1v) is 4.47. The van der Waals surface area contributed by atoms with Gasteiger partial charge in [-0.2, -0.15) is 0 Å². The highest BCUT2D eigenvalue weighted by Crippen LogP contribution is 2.35. The third-order valence-corrected chi connectivity index (χ3v) is 2.77. The van der Waals surface area contributed by atoms with E-state index in [9.17, 15) is 0 Å². The number of fused-ring (bicyclic) bond motifs is 1. The first kappa shape index (κ1) is 7.60. The molecule has 0 heterocycles. The van der Waals surface area contributed by atoms with Crippen molar-refractivity contribution in [2.75, 3.05) is 0 Å². The number of hydrogen-bond donors (Lipinski definition) is 0. The quantitative estimate of drug-likeness (QED) is 0.542. The summed E-state index contributed by atoms with van der Waals surface area (Å²) in [6.45, 7) is 6.62. The summed E-state index contributed by atoms with van der Waals surface area (Å²) in [7, 11) is 0. The van der Waals surface area contributed by atoms with Gasteiger partial charge in [0, 0.05) is 5.92 Å². The van der Waals surface area contributed by atoms with Gasteiger partial charge in [-0.3, -0.25) is 0 Å².